The molecule has 1 saturated heterocycles. The molecule has 0 saturated carbocycles. The summed E-state index contributed by atoms with van der Waals surface area (Å²) in [5.74, 6) is -3.21. The van der Waals surface area contributed by atoms with Crippen LogP contribution in [0.15, 0.2) is 30.3 Å². The predicted molar refractivity (Wildman–Crippen MR) is 90.5 cm³/mol. The van der Waals surface area contributed by atoms with E-state index in [4.69, 9.17) is 5.11 Å². The summed E-state index contributed by atoms with van der Waals surface area (Å²) in [5.41, 5.74) is 0.962. The minimum Gasteiger partial charge on any atom is -0.480 e. The number of carboxylic acids is 2. The number of nitrogens with one attached hydrogen (secondary N) is 2. The van der Waals surface area contributed by atoms with Gasteiger partial charge in [0.2, 0.25) is 5.91 Å². The fourth-order valence-corrected chi connectivity index (χ4v) is 2.77. The topological polar surface area (TPSA) is 136 Å². The molecule has 3 atom stereocenters. The van der Waals surface area contributed by atoms with E-state index in [0.717, 1.165) is 5.56 Å². The van der Waals surface area contributed by atoms with E-state index < -0.39 is 42.0 Å². The number of carbonyl (C=O) groups excluding carboxylic acids is 2. The van der Waals surface area contributed by atoms with Crippen molar-refractivity contribution in [1.29, 1.82) is 0 Å². The molecule has 0 radical (unpaired) electrons. The lowest BCUT2D eigenvalue weighted by Crippen LogP contribution is -2.54. The second-order valence-corrected chi connectivity index (χ2v) is 6.05. The molecular formula is C17H21N3O6. The molecule has 1 aromatic rings. The highest BCUT2D eigenvalue weighted by Gasteiger charge is 2.42. The maximum atomic E-state index is 12.4. The minimum atomic E-state index is -1.30. The van der Waals surface area contributed by atoms with Crippen LogP contribution in [0.3, 0.4) is 0 Å². The number of hydrogen-bond donors (Lipinski definition) is 4. The van der Waals surface area contributed by atoms with Gasteiger partial charge in [0.05, 0.1) is 12.6 Å². The molecule has 1 aliphatic heterocycles. The van der Waals surface area contributed by atoms with E-state index in [1.807, 2.05) is 30.3 Å². The Kier molecular flexibility index (Phi) is 6.29. The monoisotopic (exact) mass is 363 g/mol. The van der Waals surface area contributed by atoms with Crippen molar-refractivity contribution in [2.75, 3.05) is 6.54 Å². The Bertz CT molecular complexity index is 693. The third-order valence-corrected chi connectivity index (χ3v) is 4.18. The smallest absolute Gasteiger partial charge is 0.328 e. The molecule has 0 aliphatic carbocycles. The van der Waals surface area contributed by atoms with Crippen LogP contribution in [0.2, 0.25) is 0 Å². The highest BCUT2D eigenvalue weighted by Crippen LogP contribution is 2.11. The largest absolute Gasteiger partial charge is 0.480 e. The zero-order chi connectivity index (χ0) is 19.3. The molecule has 1 aliphatic rings. The van der Waals surface area contributed by atoms with Gasteiger partial charge >= 0.3 is 18.0 Å². The van der Waals surface area contributed by atoms with E-state index >= 15 is 0 Å². The van der Waals surface area contributed by atoms with Crippen molar-refractivity contribution in [2.45, 2.75) is 37.9 Å². The summed E-state index contributed by atoms with van der Waals surface area (Å²) < 4.78 is 0. The number of aryl methyl sites for hydroxylation is 1. The molecule has 9 nitrogen and oxygen atoms in total. The van der Waals surface area contributed by atoms with Crippen molar-refractivity contribution in [1.82, 2.24) is 15.5 Å². The summed E-state index contributed by atoms with van der Waals surface area (Å²) in [4.78, 5) is 47.5. The van der Waals surface area contributed by atoms with Crippen LogP contribution >= 0.6 is 0 Å². The molecule has 26 heavy (non-hydrogen) atoms. The van der Waals surface area contributed by atoms with Gasteiger partial charge in [-0.05, 0) is 25.3 Å². The molecule has 3 amide bonds. The summed E-state index contributed by atoms with van der Waals surface area (Å²) in [5, 5.41) is 23.5. The van der Waals surface area contributed by atoms with Crippen LogP contribution in [-0.4, -0.2) is 63.7 Å². The van der Waals surface area contributed by atoms with Gasteiger partial charge in [-0.1, -0.05) is 30.3 Å². The third kappa shape index (κ3) is 4.57. The van der Waals surface area contributed by atoms with Gasteiger partial charge < -0.3 is 15.5 Å². The number of rotatable bonds is 8. The molecule has 9 heteroatoms. The highest BCUT2D eigenvalue weighted by molar-refractivity contribution is 6.02. The number of carboxylic acid groups (broad SMARTS) is 2. The van der Waals surface area contributed by atoms with Crippen LogP contribution < -0.4 is 10.6 Å². The van der Waals surface area contributed by atoms with E-state index in [0.29, 0.717) is 11.3 Å². The third-order valence-electron chi connectivity index (χ3n) is 4.18. The Labute approximate surface area is 150 Å². The first-order valence-corrected chi connectivity index (χ1v) is 8.17. The Morgan fingerprint density at radius 1 is 1.27 bits per heavy atom. The summed E-state index contributed by atoms with van der Waals surface area (Å²) in [7, 11) is 0. The van der Waals surface area contributed by atoms with Crippen molar-refractivity contribution in [3.63, 3.8) is 0 Å². The van der Waals surface area contributed by atoms with Crippen LogP contribution in [0.4, 0.5) is 4.79 Å². The SMILES string of the molecule is C[C@@H](N[C@@H](CCc1ccccc1)C(=O)O)C(=O)N1C(=O)NC[C@H]1C(=O)O. The van der Waals surface area contributed by atoms with E-state index in [1.165, 1.54) is 6.92 Å². The maximum Gasteiger partial charge on any atom is 0.328 e. The molecule has 1 heterocycles. The summed E-state index contributed by atoms with van der Waals surface area (Å²) in [6.45, 7) is 1.23. The van der Waals surface area contributed by atoms with E-state index in [-0.39, 0.29) is 13.0 Å². The second kappa shape index (κ2) is 8.43. The normalized spacial score (nSPS) is 18.9. The molecule has 0 unspecified atom stereocenters. The van der Waals surface area contributed by atoms with Crippen molar-refractivity contribution in [3.8, 4) is 0 Å². The number of nitrogens with zero attached hydrogens (tertiary/aromatic N) is 1. The quantitative estimate of drug-likeness (QED) is 0.512. The molecular weight excluding hydrogens is 342 g/mol. The molecule has 4 N–H and O–H groups in total. The standard InChI is InChI=1S/C17H21N3O6/c1-10(14(21)20-13(16(24)25)9-18-17(20)26)19-12(15(22)23)8-7-11-5-3-2-4-6-11/h2-6,10,12-13,19H,7-9H2,1H3,(H,18,26)(H,22,23)(H,24,25)/t10-,12+,13+/m1/s1. The van der Waals surface area contributed by atoms with E-state index in [1.54, 1.807) is 0 Å². The summed E-state index contributed by atoms with van der Waals surface area (Å²) >= 11 is 0. The van der Waals surface area contributed by atoms with Gasteiger partial charge in [0.25, 0.3) is 0 Å². The van der Waals surface area contributed by atoms with Crippen LogP contribution in [0, 0.1) is 0 Å². The van der Waals surface area contributed by atoms with Gasteiger partial charge in [0.15, 0.2) is 6.04 Å². The van der Waals surface area contributed by atoms with Crippen LogP contribution in [0.1, 0.15) is 18.9 Å². The molecule has 140 valence electrons. The lowest BCUT2D eigenvalue weighted by Gasteiger charge is -2.25. The number of imide groups is 1. The maximum absolute atomic E-state index is 12.4. The van der Waals surface area contributed by atoms with Gasteiger partial charge in [-0.15, -0.1) is 0 Å². The average Bonchev–Trinajstić information content (AvgIpc) is 3.00. The van der Waals surface area contributed by atoms with Crippen LogP contribution in [-0.2, 0) is 20.8 Å². The van der Waals surface area contributed by atoms with Gasteiger partial charge in [0.1, 0.15) is 6.04 Å². The number of hydrogen-bond acceptors (Lipinski definition) is 5. The number of amides is 3. The Hall–Kier alpha value is -2.94. The fourth-order valence-electron chi connectivity index (χ4n) is 2.77. The molecule has 0 bridgehead atoms. The molecule has 0 spiro atoms. The number of urea groups is 1. The fraction of sp³-hybridized carbons (Fsp3) is 0.412. The predicted octanol–water partition coefficient (Wildman–Crippen LogP) is 0.0555. The van der Waals surface area contributed by atoms with Gasteiger partial charge in [-0.3, -0.25) is 14.9 Å². The van der Waals surface area contributed by atoms with E-state index in [9.17, 15) is 24.3 Å². The van der Waals surface area contributed by atoms with Crippen LogP contribution in [0.5, 0.6) is 0 Å². The molecule has 2 rings (SSSR count). The summed E-state index contributed by atoms with van der Waals surface area (Å²) in [6.07, 6.45) is 0.735. The lowest BCUT2D eigenvalue weighted by molar-refractivity contribution is -0.147. The number of aliphatic carboxylic acids is 2. The van der Waals surface area contributed by atoms with Crippen LogP contribution in [0.25, 0.3) is 0 Å². The Balaban J connectivity index is 2.01. The Morgan fingerprint density at radius 2 is 1.92 bits per heavy atom. The highest BCUT2D eigenvalue weighted by atomic mass is 16.4. The summed E-state index contributed by atoms with van der Waals surface area (Å²) in [6, 6.07) is 5.17. The zero-order valence-corrected chi connectivity index (χ0v) is 14.2. The number of benzene rings is 1. The van der Waals surface area contributed by atoms with Gasteiger partial charge in [-0.25, -0.2) is 14.5 Å². The first-order valence-electron chi connectivity index (χ1n) is 8.17. The number of carbonyl (C=O) groups is 4. The zero-order valence-electron chi connectivity index (χ0n) is 14.2. The van der Waals surface area contributed by atoms with Crippen molar-refractivity contribution < 1.29 is 29.4 Å². The van der Waals surface area contributed by atoms with Crippen molar-refractivity contribution in [2.24, 2.45) is 0 Å². The lowest BCUT2D eigenvalue weighted by atomic mass is 10.0. The molecule has 1 aromatic carbocycles. The van der Waals surface area contributed by atoms with Crippen molar-refractivity contribution >= 4 is 23.9 Å². The first kappa shape index (κ1) is 19.4. The molecule has 0 aromatic heterocycles. The average molecular weight is 363 g/mol. The Morgan fingerprint density at radius 3 is 2.50 bits per heavy atom. The first-order chi connectivity index (χ1) is 12.3. The van der Waals surface area contributed by atoms with Gasteiger partial charge in [-0.2, -0.15) is 0 Å². The van der Waals surface area contributed by atoms with Crippen molar-refractivity contribution in [3.05, 3.63) is 35.9 Å². The minimum absolute atomic E-state index is 0.178. The molecule has 1 fully saturated rings. The van der Waals surface area contributed by atoms with E-state index in [2.05, 4.69) is 10.6 Å². The second-order valence-electron chi connectivity index (χ2n) is 6.05. The van der Waals surface area contributed by atoms with Gasteiger partial charge in [0, 0.05) is 0 Å².